The maximum Gasteiger partial charge on any atom is 0.221 e. The Morgan fingerprint density at radius 1 is 1.21 bits per heavy atom. The molecule has 1 fully saturated rings. The van der Waals surface area contributed by atoms with Gasteiger partial charge in [0.25, 0.3) is 0 Å². The standard InChI is InChI=1S/C21H25FN2O3.ClH/c1-16(25)23-19-7-9-20(10-8-19)26-14-13-24-12-11-21(2,27-15-24)17-3-5-18(22)6-4-17;/h3-10H,11-15H2,1-2H3,(H,23,25);1H. The van der Waals surface area contributed by atoms with Crippen LogP contribution in [0.3, 0.4) is 0 Å². The fraction of sp³-hybridized carbons (Fsp3) is 0.381. The summed E-state index contributed by atoms with van der Waals surface area (Å²) in [6.07, 6.45) is 0.837. The summed E-state index contributed by atoms with van der Waals surface area (Å²) in [5, 5.41) is 2.72. The van der Waals surface area contributed by atoms with Gasteiger partial charge in [-0.3, -0.25) is 9.69 Å². The number of anilines is 1. The molecule has 5 nitrogen and oxygen atoms in total. The van der Waals surface area contributed by atoms with E-state index in [-0.39, 0.29) is 29.7 Å². The average Bonchev–Trinajstić information content (AvgIpc) is 2.65. The molecule has 3 rings (SSSR count). The van der Waals surface area contributed by atoms with Crippen LogP contribution in [0.4, 0.5) is 10.1 Å². The fourth-order valence-corrected chi connectivity index (χ4v) is 3.08. The van der Waals surface area contributed by atoms with Crippen molar-refractivity contribution >= 4 is 24.0 Å². The lowest BCUT2D eigenvalue weighted by Gasteiger charge is -2.39. The lowest BCUT2D eigenvalue weighted by molar-refractivity contribution is -0.135. The van der Waals surface area contributed by atoms with Gasteiger partial charge in [0, 0.05) is 25.7 Å². The van der Waals surface area contributed by atoms with E-state index in [1.54, 1.807) is 12.1 Å². The van der Waals surface area contributed by atoms with Gasteiger partial charge in [0.2, 0.25) is 5.91 Å². The molecule has 0 saturated carbocycles. The van der Waals surface area contributed by atoms with E-state index in [1.807, 2.05) is 31.2 Å². The van der Waals surface area contributed by atoms with Crippen LogP contribution in [0.2, 0.25) is 0 Å². The van der Waals surface area contributed by atoms with E-state index in [2.05, 4.69) is 10.2 Å². The highest BCUT2D eigenvalue weighted by atomic mass is 35.5. The second kappa shape index (κ2) is 9.87. The summed E-state index contributed by atoms with van der Waals surface area (Å²) >= 11 is 0. The summed E-state index contributed by atoms with van der Waals surface area (Å²) < 4.78 is 25.0. The lowest BCUT2D eigenvalue weighted by atomic mass is 9.91. The quantitative estimate of drug-likeness (QED) is 0.779. The minimum absolute atomic E-state index is 0. The van der Waals surface area contributed by atoms with E-state index >= 15 is 0 Å². The van der Waals surface area contributed by atoms with Crippen molar-refractivity contribution in [3.8, 4) is 5.75 Å². The number of nitrogens with one attached hydrogen (secondary N) is 1. The summed E-state index contributed by atoms with van der Waals surface area (Å²) in [5.74, 6) is 0.432. The van der Waals surface area contributed by atoms with Crippen molar-refractivity contribution < 1.29 is 18.7 Å². The molecular formula is C21H26ClFN2O3. The van der Waals surface area contributed by atoms with Crippen molar-refractivity contribution in [3.63, 3.8) is 0 Å². The highest BCUT2D eigenvalue weighted by molar-refractivity contribution is 5.88. The SMILES string of the molecule is CC(=O)Nc1ccc(OCCN2CCC(C)(c3ccc(F)cc3)OC2)cc1.Cl. The predicted octanol–water partition coefficient (Wildman–Crippen LogP) is 4.18. The second-order valence-electron chi connectivity index (χ2n) is 6.93. The third kappa shape index (κ3) is 5.92. The van der Waals surface area contributed by atoms with Gasteiger partial charge in [-0.15, -0.1) is 12.4 Å². The summed E-state index contributed by atoms with van der Waals surface area (Å²) in [6.45, 7) is 6.23. The Labute approximate surface area is 171 Å². The lowest BCUT2D eigenvalue weighted by Crippen LogP contribution is -2.44. The van der Waals surface area contributed by atoms with Gasteiger partial charge in [0.1, 0.15) is 24.9 Å². The van der Waals surface area contributed by atoms with Gasteiger partial charge in [0.05, 0.1) is 5.60 Å². The minimum Gasteiger partial charge on any atom is -0.492 e. The molecule has 1 atom stereocenters. The number of nitrogens with zero attached hydrogens (tertiary/aromatic N) is 1. The molecular weight excluding hydrogens is 383 g/mol. The Morgan fingerprint density at radius 2 is 1.89 bits per heavy atom. The molecule has 0 bridgehead atoms. The number of rotatable bonds is 6. The van der Waals surface area contributed by atoms with Crippen LogP contribution in [-0.4, -0.2) is 37.2 Å². The number of carbonyl (C=O) groups is 1. The van der Waals surface area contributed by atoms with Crippen molar-refractivity contribution in [1.82, 2.24) is 4.90 Å². The molecule has 2 aromatic rings. The zero-order chi connectivity index (χ0) is 19.3. The Kier molecular flexibility index (Phi) is 7.80. The van der Waals surface area contributed by atoms with Crippen LogP contribution in [0.5, 0.6) is 5.75 Å². The normalized spacial score (nSPS) is 19.5. The second-order valence-corrected chi connectivity index (χ2v) is 6.93. The number of amides is 1. The Morgan fingerprint density at radius 3 is 2.46 bits per heavy atom. The van der Waals surface area contributed by atoms with Crippen LogP contribution < -0.4 is 10.1 Å². The molecule has 1 heterocycles. The zero-order valence-electron chi connectivity index (χ0n) is 16.1. The molecule has 1 N–H and O–H groups in total. The van der Waals surface area contributed by atoms with Gasteiger partial charge in [-0.2, -0.15) is 0 Å². The van der Waals surface area contributed by atoms with Gasteiger partial charge in [-0.05, 0) is 55.3 Å². The van der Waals surface area contributed by atoms with Gasteiger partial charge in [-0.1, -0.05) is 12.1 Å². The monoisotopic (exact) mass is 408 g/mol. The topological polar surface area (TPSA) is 50.8 Å². The van der Waals surface area contributed by atoms with Crippen molar-refractivity contribution in [2.45, 2.75) is 25.9 Å². The Bertz CT molecular complexity index is 760. The van der Waals surface area contributed by atoms with Gasteiger partial charge >= 0.3 is 0 Å². The first kappa shape index (κ1) is 22.1. The van der Waals surface area contributed by atoms with E-state index in [0.717, 1.165) is 36.5 Å². The first-order valence-corrected chi connectivity index (χ1v) is 9.07. The first-order chi connectivity index (χ1) is 12.9. The zero-order valence-corrected chi connectivity index (χ0v) is 16.9. The van der Waals surface area contributed by atoms with E-state index < -0.39 is 0 Å². The van der Waals surface area contributed by atoms with Crippen LogP contribution in [0, 0.1) is 5.82 Å². The molecule has 2 aromatic carbocycles. The number of hydrogen-bond acceptors (Lipinski definition) is 4. The summed E-state index contributed by atoms with van der Waals surface area (Å²) in [5.41, 5.74) is 1.36. The molecule has 1 amide bonds. The van der Waals surface area contributed by atoms with E-state index in [0.29, 0.717) is 13.3 Å². The maximum atomic E-state index is 13.1. The molecule has 1 aliphatic heterocycles. The van der Waals surface area contributed by atoms with Crippen LogP contribution in [0.25, 0.3) is 0 Å². The van der Waals surface area contributed by atoms with Crippen molar-refractivity contribution in [3.05, 3.63) is 59.9 Å². The summed E-state index contributed by atoms with van der Waals surface area (Å²) in [4.78, 5) is 13.2. The molecule has 152 valence electrons. The molecule has 0 aromatic heterocycles. The molecule has 1 saturated heterocycles. The predicted molar refractivity (Wildman–Crippen MR) is 109 cm³/mol. The largest absolute Gasteiger partial charge is 0.492 e. The molecule has 7 heteroatoms. The van der Waals surface area contributed by atoms with Crippen molar-refractivity contribution in [2.75, 3.05) is 31.7 Å². The molecule has 1 unspecified atom stereocenters. The third-order valence-electron chi connectivity index (χ3n) is 4.78. The molecule has 0 radical (unpaired) electrons. The van der Waals surface area contributed by atoms with Crippen molar-refractivity contribution in [2.24, 2.45) is 0 Å². The van der Waals surface area contributed by atoms with E-state index in [1.165, 1.54) is 19.1 Å². The smallest absolute Gasteiger partial charge is 0.221 e. The van der Waals surface area contributed by atoms with E-state index in [4.69, 9.17) is 9.47 Å². The van der Waals surface area contributed by atoms with Gasteiger partial charge in [0.15, 0.2) is 0 Å². The molecule has 1 aliphatic rings. The number of ether oxygens (including phenoxy) is 2. The third-order valence-corrected chi connectivity index (χ3v) is 4.78. The van der Waals surface area contributed by atoms with Gasteiger partial charge in [-0.25, -0.2) is 4.39 Å². The van der Waals surface area contributed by atoms with Gasteiger partial charge < -0.3 is 14.8 Å². The number of benzene rings is 2. The highest BCUT2D eigenvalue weighted by Crippen LogP contribution is 2.32. The number of carbonyl (C=O) groups excluding carboxylic acids is 1. The Hall–Kier alpha value is -2.15. The number of halogens is 2. The molecule has 0 spiro atoms. The summed E-state index contributed by atoms with van der Waals surface area (Å²) in [7, 11) is 0. The number of hydrogen-bond donors (Lipinski definition) is 1. The van der Waals surface area contributed by atoms with Crippen LogP contribution in [0.15, 0.2) is 48.5 Å². The Balaban J connectivity index is 0.00000280. The highest BCUT2D eigenvalue weighted by Gasteiger charge is 2.32. The summed E-state index contributed by atoms with van der Waals surface area (Å²) in [6, 6.07) is 13.8. The maximum absolute atomic E-state index is 13.1. The van der Waals surface area contributed by atoms with Crippen molar-refractivity contribution in [1.29, 1.82) is 0 Å². The molecule has 0 aliphatic carbocycles. The fourth-order valence-electron chi connectivity index (χ4n) is 3.08. The average molecular weight is 409 g/mol. The van der Waals surface area contributed by atoms with Crippen LogP contribution >= 0.6 is 12.4 Å². The van der Waals surface area contributed by atoms with Crippen LogP contribution in [-0.2, 0) is 15.1 Å². The molecule has 28 heavy (non-hydrogen) atoms. The van der Waals surface area contributed by atoms with E-state index in [9.17, 15) is 9.18 Å². The first-order valence-electron chi connectivity index (χ1n) is 9.07. The van der Waals surface area contributed by atoms with Crippen LogP contribution in [0.1, 0.15) is 25.8 Å². The minimum atomic E-state index is -0.384.